The van der Waals surface area contributed by atoms with Crippen molar-refractivity contribution in [2.45, 2.75) is 52.4 Å². The minimum atomic E-state index is -0.664. The molecule has 0 bridgehead atoms. The highest BCUT2D eigenvalue weighted by Crippen LogP contribution is 2.34. The van der Waals surface area contributed by atoms with Crippen molar-refractivity contribution in [2.24, 2.45) is 0 Å². The third-order valence-corrected chi connectivity index (χ3v) is 5.99. The van der Waals surface area contributed by atoms with Crippen molar-refractivity contribution < 1.29 is 23.8 Å². The van der Waals surface area contributed by atoms with Crippen LogP contribution in [0.3, 0.4) is 0 Å². The van der Waals surface area contributed by atoms with Crippen LogP contribution in [0.1, 0.15) is 49.2 Å². The van der Waals surface area contributed by atoms with Crippen LogP contribution in [0.4, 0.5) is 16.3 Å². The van der Waals surface area contributed by atoms with Crippen LogP contribution in [0.15, 0.2) is 24.4 Å². The topological polar surface area (TPSA) is 133 Å². The Balaban J connectivity index is 1.45. The first-order valence-electron chi connectivity index (χ1n) is 11.9. The molecule has 0 unspecified atom stereocenters. The Hall–Kier alpha value is -3.57. The van der Waals surface area contributed by atoms with E-state index in [-0.39, 0.29) is 34.9 Å². The zero-order valence-electron chi connectivity index (χ0n) is 21.5. The van der Waals surface area contributed by atoms with Gasteiger partial charge < -0.3 is 25.3 Å². The summed E-state index contributed by atoms with van der Waals surface area (Å²) in [5, 5.41) is 7.46. The number of halogens is 1. The van der Waals surface area contributed by atoms with Gasteiger partial charge in [0.15, 0.2) is 5.65 Å². The number of rotatable bonds is 7. The second kappa shape index (κ2) is 10.4. The highest BCUT2D eigenvalue weighted by molar-refractivity contribution is 6.31. The average molecular weight is 531 g/mol. The molecule has 1 aliphatic heterocycles. The first-order chi connectivity index (χ1) is 17.5. The van der Waals surface area contributed by atoms with Crippen LogP contribution >= 0.6 is 11.6 Å². The molecule has 1 aliphatic rings. The van der Waals surface area contributed by atoms with E-state index in [4.69, 9.17) is 31.5 Å². The number of nitrogens with zero attached hydrogens (tertiary/aromatic N) is 4. The number of carbonyl (C=O) groups excluding carboxylic acids is 2. The summed E-state index contributed by atoms with van der Waals surface area (Å²) in [6, 6.07) is 5.13. The largest absolute Gasteiger partial charge is 0.495 e. The third kappa shape index (κ3) is 5.72. The zero-order chi connectivity index (χ0) is 26.9. The summed E-state index contributed by atoms with van der Waals surface area (Å²) < 4.78 is 17.9. The Labute approximate surface area is 219 Å². The van der Waals surface area contributed by atoms with Crippen molar-refractivity contribution in [1.29, 1.82) is 0 Å². The highest BCUT2D eigenvalue weighted by atomic mass is 35.5. The van der Waals surface area contributed by atoms with Gasteiger partial charge in [-0.1, -0.05) is 17.7 Å². The van der Waals surface area contributed by atoms with Crippen LogP contribution in [0, 0.1) is 0 Å². The number of benzene rings is 1. The van der Waals surface area contributed by atoms with Crippen LogP contribution in [-0.4, -0.2) is 58.5 Å². The maximum absolute atomic E-state index is 13.1. The molecule has 4 rings (SSSR count). The van der Waals surface area contributed by atoms with Gasteiger partial charge in [-0.15, -0.1) is 0 Å². The second-order valence-corrected chi connectivity index (χ2v) is 10.2. The lowest BCUT2D eigenvalue weighted by Gasteiger charge is -2.24. The van der Waals surface area contributed by atoms with Gasteiger partial charge >= 0.3 is 6.09 Å². The minimum absolute atomic E-state index is 0.221. The van der Waals surface area contributed by atoms with Crippen LogP contribution < -0.4 is 20.7 Å². The Morgan fingerprint density at radius 3 is 2.73 bits per heavy atom. The van der Waals surface area contributed by atoms with Gasteiger partial charge in [-0.2, -0.15) is 9.61 Å². The number of ether oxygens (including phenoxy) is 3. The van der Waals surface area contributed by atoms with Gasteiger partial charge in [0.05, 0.1) is 32.2 Å². The summed E-state index contributed by atoms with van der Waals surface area (Å²) in [7, 11) is 1.56. The van der Waals surface area contributed by atoms with E-state index in [1.165, 1.54) is 15.6 Å². The summed E-state index contributed by atoms with van der Waals surface area (Å²) >= 11 is 6.45. The number of nitrogen functional groups attached to an aromatic ring is 1. The molecule has 3 aromatic rings. The van der Waals surface area contributed by atoms with Gasteiger partial charge in [-0.3, -0.25) is 9.69 Å². The van der Waals surface area contributed by atoms with E-state index in [0.29, 0.717) is 42.4 Å². The van der Waals surface area contributed by atoms with E-state index in [1.807, 2.05) is 13.0 Å². The number of carbonyl (C=O) groups is 2. The van der Waals surface area contributed by atoms with Crippen LogP contribution in [0.2, 0.25) is 5.15 Å². The van der Waals surface area contributed by atoms with Gasteiger partial charge in [0.25, 0.3) is 5.91 Å². The van der Waals surface area contributed by atoms with Gasteiger partial charge in [0, 0.05) is 18.2 Å². The number of amides is 2. The lowest BCUT2D eigenvalue weighted by Crippen LogP contribution is -2.36. The predicted molar refractivity (Wildman–Crippen MR) is 139 cm³/mol. The molecule has 2 aromatic heterocycles. The summed E-state index contributed by atoms with van der Waals surface area (Å²) in [4.78, 5) is 31.7. The molecule has 12 heteroatoms. The van der Waals surface area contributed by atoms with Crippen molar-refractivity contribution >= 4 is 40.8 Å². The summed E-state index contributed by atoms with van der Waals surface area (Å²) in [6.07, 6.45) is 1.40. The smallest absolute Gasteiger partial charge is 0.416 e. The molecule has 0 spiro atoms. The fraction of sp³-hybridized carbons (Fsp3) is 0.440. The molecule has 11 nitrogen and oxygen atoms in total. The molecule has 2 amide bonds. The van der Waals surface area contributed by atoms with Gasteiger partial charge in [-0.25, -0.2) is 9.78 Å². The van der Waals surface area contributed by atoms with E-state index >= 15 is 0 Å². The minimum Gasteiger partial charge on any atom is -0.495 e. The molecule has 0 radical (unpaired) electrons. The predicted octanol–water partition coefficient (Wildman–Crippen LogP) is 3.61. The lowest BCUT2D eigenvalue weighted by atomic mass is 10.2. The molecule has 0 aliphatic carbocycles. The standard InChI is InChI=1S/C25H31ClN6O5/c1-14(12-36-13-15-6-7-19(35-5)18(27)10-15)29-22(33)17-11-28-32-21(17)30-20(26)16-8-9-31(23(16)32)24(34)37-25(2,3)4/h6-7,10-11,14H,8-9,12-13,27H2,1-5H3,(H,29,33)/t14-/m1/s1. The van der Waals surface area contributed by atoms with Crippen molar-refractivity contribution in [1.82, 2.24) is 19.9 Å². The molecular weight excluding hydrogens is 500 g/mol. The molecule has 0 fully saturated rings. The summed E-state index contributed by atoms with van der Waals surface area (Å²) in [6.45, 7) is 8.19. The number of aromatic nitrogens is 3. The molecular formula is C25H31ClN6O5. The van der Waals surface area contributed by atoms with E-state index in [0.717, 1.165) is 5.56 Å². The Kier molecular flexibility index (Phi) is 7.47. The van der Waals surface area contributed by atoms with Crippen molar-refractivity contribution in [3.63, 3.8) is 0 Å². The Morgan fingerprint density at radius 1 is 1.30 bits per heavy atom. The molecule has 198 valence electrons. The molecule has 3 N–H and O–H groups in total. The van der Waals surface area contributed by atoms with Crippen LogP contribution in [0.25, 0.3) is 5.65 Å². The van der Waals surface area contributed by atoms with Gasteiger partial charge in [0.1, 0.15) is 27.9 Å². The zero-order valence-corrected chi connectivity index (χ0v) is 22.3. The highest BCUT2D eigenvalue weighted by Gasteiger charge is 2.34. The first-order valence-corrected chi connectivity index (χ1v) is 12.2. The van der Waals surface area contributed by atoms with Gasteiger partial charge in [0.2, 0.25) is 0 Å². The molecule has 37 heavy (non-hydrogen) atoms. The second-order valence-electron chi connectivity index (χ2n) is 9.85. The van der Waals surface area contributed by atoms with E-state index < -0.39 is 11.7 Å². The monoisotopic (exact) mass is 530 g/mol. The number of fused-ring (bicyclic) bond motifs is 3. The van der Waals surface area contributed by atoms with E-state index in [9.17, 15) is 9.59 Å². The normalized spacial score (nSPS) is 13.9. The molecule has 0 saturated heterocycles. The summed E-state index contributed by atoms with van der Waals surface area (Å²) in [5.41, 5.74) is 7.85. The molecule has 1 atom stereocenters. The van der Waals surface area contributed by atoms with E-state index in [1.54, 1.807) is 40.0 Å². The maximum atomic E-state index is 13.1. The van der Waals surface area contributed by atoms with Crippen LogP contribution in [0.5, 0.6) is 5.75 Å². The van der Waals surface area contributed by atoms with Crippen LogP contribution in [-0.2, 0) is 22.5 Å². The number of hydrogen-bond donors (Lipinski definition) is 2. The fourth-order valence-corrected chi connectivity index (χ4v) is 4.29. The third-order valence-electron chi connectivity index (χ3n) is 5.68. The first kappa shape index (κ1) is 26.5. The number of nitrogens with one attached hydrogen (secondary N) is 1. The molecule has 3 heterocycles. The molecule has 1 aromatic carbocycles. The quantitative estimate of drug-likeness (QED) is 0.349. The Bertz CT molecular complexity index is 1340. The SMILES string of the molecule is COc1ccc(COC[C@@H](C)NC(=O)c2cnn3c4c(c(Cl)nc23)CCN4C(=O)OC(C)(C)C)cc1N. The fourth-order valence-electron chi connectivity index (χ4n) is 4.03. The van der Waals surface area contributed by atoms with E-state index in [2.05, 4.69) is 15.4 Å². The maximum Gasteiger partial charge on any atom is 0.416 e. The summed E-state index contributed by atoms with van der Waals surface area (Å²) in [5.74, 6) is 0.676. The number of hydrogen-bond acceptors (Lipinski definition) is 8. The van der Waals surface area contributed by atoms with Gasteiger partial charge in [-0.05, 0) is 51.8 Å². The molecule has 0 saturated carbocycles. The number of nitrogens with two attached hydrogens (primary N) is 1. The average Bonchev–Trinajstić information content (AvgIpc) is 3.43. The van der Waals surface area contributed by atoms with Crippen molar-refractivity contribution in [3.05, 3.63) is 46.2 Å². The number of anilines is 2. The Morgan fingerprint density at radius 2 is 2.05 bits per heavy atom. The van der Waals surface area contributed by atoms with Crippen molar-refractivity contribution in [3.8, 4) is 5.75 Å². The number of methoxy groups -OCH3 is 1. The van der Waals surface area contributed by atoms with Crippen molar-refractivity contribution in [2.75, 3.05) is 30.9 Å². The lowest BCUT2D eigenvalue weighted by molar-refractivity contribution is 0.0582.